The molecule has 6 heteroatoms. The Morgan fingerprint density at radius 1 is 0.308 bits per heavy atom. The lowest BCUT2D eigenvalue weighted by atomic mass is 10.0. The van der Waals surface area contributed by atoms with Gasteiger partial charge in [-0.25, -0.2) is 0 Å². The van der Waals surface area contributed by atoms with E-state index in [2.05, 4.69) is 69.4 Å². The highest BCUT2D eigenvalue weighted by molar-refractivity contribution is 5.71. The number of unbranched alkanes of at least 4 members (excludes halogenated alkanes) is 32. The Kier molecular flexibility index (Phi) is 51.8. The SMILES string of the molecule is CCCCC/C=C\C/C=C\C/C=C\C/C=C\CCCCCC(=O)OC[C@H](COC(=O)CCCCCCCCCCCCCCCCCCC)OC(=O)CCCCCCCCCCCCC. The van der Waals surface area contributed by atoms with E-state index in [1.807, 2.05) is 0 Å². The zero-order chi connectivity index (χ0) is 47.2. The summed E-state index contributed by atoms with van der Waals surface area (Å²) in [5, 5.41) is 0. The summed E-state index contributed by atoms with van der Waals surface area (Å²) in [5.41, 5.74) is 0. The second kappa shape index (κ2) is 54.0. The number of ether oxygens (including phenoxy) is 3. The molecule has 0 saturated heterocycles. The van der Waals surface area contributed by atoms with Crippen molar-refractivity contribution in [1.82, 2.24) is 0 Å². The predicted molar refractivity (Wildman–Crippen MR) is 279 cm³/mol. The summed E-state index contributed by atoms with van der Waals surface area (Å²) in [6.45, 7) is 6.61. The fourth-order valence-electron chi connectivity index (χ4n) is 8.07. The van der Waals surface area contributed by atoms with Crippen molar-refractivity contribution in [3.63, 3.8) is 0 Å². The van der Waals surface area contributed by atoms with Crippen molar-refractivity contribution in [2.75, 3.05) is 13.2 Å². The van der Waals surface area contributed by atoms with E-state index in [4.69, 9.17) is 14.2 Å². The first-order chi connectivity index (χ1) is 32.0. The standard InChI is InChI=1S/C59H106O6/c1-4-7-10-13-16-19-22-24-26-28-29-31-33-35-38-40-43-46-49-52-58(61)64-55-56(65-59(62)53-50-47-44-41-36-21-18-15-12-9-6-3)54-63-57(60)51-48-45-42-39-37-34-32-30-27-25-23-20-17-14-11-8-5-2/h16,19,24,26,29,31,35,38,56H,4-15,17-18,20-23,25,27-28,30,32-34,36-37,39-55H2,1-3H3/b19-16-,26-24-,31-29-,38-35-/t56-/m0/s1. The zero-order valence-corrected chi connectivity index (χ0v) is 43.3. The minimum absolute atomic E-state index is 0.0792. The molecule has 0 aromatic heterocycles. The highest BCUT2D eigenvalue weighted by atomic mass is 16.6. The van der Waals surface area contributed by atoms with Crippen molar-refractivity contribution < 1.29 is 28.6 Å². The predicted octanol–water partition coefficient (Wildman–Crippen LogP) is 18.7. The maximum Gasteiger partial charge on any atom is 0.306 e. The summed E-state index contributed by atoms with van der Waals surface area (Å²) in [4.78, 5) is 38.0. The molecule has 0 aliphatic heterocycles. The van der Waals surface area contributed by atoms with Gasteiger partial charge in [0.05, 0.1) is 0 Å². The van der Waals surface area contributed by atoms with E-state index < -0.39 is 6.10 Å². The quantitative estimate of drug-likeness (QED) is 0.0262. The third-order valence-corrected chi connectivity index (χ3v) is 12.3. The summed E-state index contributed by atoms with van der Waals surface area (Å²) in [6, 6.07) is 0. The van der Waals surface area contributed by atoms with Crippen LogP contribution in [0, 0.1) is 0 Å². The maximum absolute atomic E-state index is 12.8. The van der Waals surface area contributed by atoms with Crippen molar-refractivity contribution in [1.29, 1.82) is 0 Å². The van der Waals surface area contributed by atoms with Crippen LogP contribution in [-0.2, 0) is 28.6 Å². The molecule has 0 amide bonds. The Hall–Kier alpha value is -2.63. The van der Waals surface area contributed by atoms with Gasteiger partial charge < -0.3 is 14.2 Å². The molecule has 0 aliphatic carbocycles. The molecule has 0 aliphatic rings. The van der Waals surface area contributed by atoms with E-state index in [0.717, 1.165) is 83.5 Å². The molecular weight excluding hydrogens is 805 g/mol. The van der Waals surface area contributed by atoms with Crippen molar-refractivity contribution >= 4 is 17.9 Å². The van der Waals surface area contributed by atoms with Gasteiger partial charge in [-0.2, -0.15) is 0 Å². The van der Waals surface area contributed by atoms with Crippen molar-refractivity contribution in [2.45, 2.75) is 297 Å². The van der Waals surface area contributed by atoms with Crippen LogP contribution < -0.4 is 0 Å². The lowest BCUT2D eigenvalue weighted by Gasteiger charge is -2.18. The molecule has 0 bridgehead atoms. The van der Waals surface area contributed by atoms with Crippen LogP contribution in [-0.4, -0.2) is 37.2 Å². The maximum atomic E-state index is 12.8. The van der Waals surface area contributed by atoms with Crippen LogP contribution in [0.1, 0.15) is 290 Å². The van der Waals surface area contributed by atoms with Crippen molar-refractivity contribution in [2.24, 2.45) is 0 Å². The summed E-state index contributed by atoms with van der Waals surface area (Å²) < 4.78 is 16.8. The topological polar surface area (TPSA) is 78.9 Å². The van der Waals surface area contributed by atoms with E-state index in [0.29, 0.717) is 19.3 Å². The van der Waals surface area contributed by atoms with Crippen LogP contribution in [0.5, 0.6) is 0 Å². The van der Waals surface area contributed by atoms with Crippen molar-refractivity contribution in [3.8, 4) is 0 Å². The Labute approximate surface area is 403 Å². The highest BCUT2D eigenvalue weighted by Crippen LogP contribution is 2.16. The monoisotopic (exact) mass is 911 g/mol. The van der Waals surface area contributed by atoms with Crippen LogP contribution in [0.15, 0.2) is 48.6 Å². The minimum atomic E-state index is -0.781. The number of carbonyl (C=O) groups excluding carboxylic acids is 3. The van der Waals surface area contributed by atoms with Gasteiger partial charge in [-0.15, -0.1) is 0 Å². The largest absolute Gasteiger partial charge is 0.462 e. The van der Waals surface area contributed by atoms with Gasteiger partial charge >= 0.3 is 17.9 Å². The number of allylic oxidation sites excluding steroid dienone is 8. The molecule has 0 aromatic carbocycles. The fourth-order valence-corrected chi connectivity index (χ4v) is 8.07. The molecule has 0 N–H and O–H groups in total. The van der Waals surface area contributed by atoms with Gasteiger partial charge in [0.1, 0.15) is 13.2 Å². The lowest BCUT2D eigenvalue weighted by molar-refractivity contribution is -0.167. The van der Waals surface area contributed by atoms with Crippen LogP contribution in [0.3, 0.4) is 0 Å². The third kappa shape index (κ3) is 52.2. The van der Waals surface area contributed by atoms with Gasteiger partial charge in [0.2, 0.25) is 0 Å². The van der Waals surface area contributed by atoms with Gasteiger partial charge in [0, 0.05) is 19.3 Å². The molecular formula is C59H106O6. The Bertz CT molecular complexity index is 1140. The van der Waals surface area contributed by atoms with Crippen LogP contribution in [0.2, 0.25) is 0 Å². The van der Waals surface area contributed by atoms with E-state index in [1.54, 1.807) is 0 Å². The second-order valence-electron chi connectivity index (χ2n) is 18.9. The summed E-state index contributed by atoms with van der Waals surface area (Å²) in [5.74, 6) is -0.898. The van der Waals surface area contributed by atoms with E-state index in [-0.39, 0.29) is 31.1 Å². The molecule has 0 unspecified atom stereocenters. The molecule has 0 rings (SSSR count). The smallest absolute Gasteiger partial charge is 0.306 e. The summed E-state index contributed by atoms with van der Waals surface area (Å²) in [6.07, 6.45) is 65.3. The first-order valence-corrected chi connectivity index (χ1v) is 28.1. The minimum Gasteiger partial charge on any atom is -0.462 e. The molecule has 0 fully saturated rings. The van der Waals surface area contributed by atoms with E-state index >= 15 is 0 Å². The molecule has 378 valence electrons. The number of hydrogen-bond acceptors (Lipinski definition) is 6. The molecule has 0 heterocycles. The molecule has 0 saturated carbocycles. The van der Waals surface area contributed by atoms with E-state index in [9.17, 15) is 14.4 Å². The third-order valence-electron chi connectivity index (χ3n) is 12.3. The van der Waals surface area contributed by atoms with Gasteiger partial charge in [0.25, 0.3) is 0 Å². The summed E-state index contributed by atoms with van der Waals surface area (Å²) in [7, 11) is 0. The average Bonchev–Trinajstić information content (AvgIpc) is 3.30. The number of rotatable bonds is 51. The van der Waals surface area contributed by atoms with Crippen LogP contribution in [0.4, 0.5) is 0 Å². The van der Waals surface area contributed by atoms with Gasteiger partial charge in [-0.1, -0.05) is 256 Å². The first-order valence-electron chi connectivity index (χ1n) is 28.1. The average molecular weight is 911 g/mol. The Morgan fingerprint density at radius 3 is 0.892 bits per heavy atom. The fraction of sp³-hybridized carbons (Fsp3) is 0.814. The molecule has 6 nitrogen and oxygen atoms in total. The van der Waals surface area contributed by atoms with Gasteiger partial charge in [-0.05, 0) is 64.2 Å². The van der Waals surface area contributed by atoms with E-state index in [1.165, 1.54) is 167 Å². The molecule has 1 atom stereocenters. The summed E-state index contributed by atoms with van der Waals surface area (Å²) >= 11 is 0. The molecule has 0 spiro atoms. The van der Waals surface area contributed by atoms with Gasteiger partial charge in [0.15, 0.2) is 6.10 Å². The van der Waals surface area contributed by atoms with Crippen LogP contribution in [0.25, 0.3) is 0 Å². The molecule has 65 heavy (non-hydrogen) atoms. The highest BCUT2D eigenvalue weighted by Gasteiger charge is 2.19. The van der Waals surface area contributed by atoms with Gasteiger partial charge in [-0.3, -0.25) is 14.4 Å². The molecule has 0 aromatic rings. The number of hydrogen-bond donors (Lipinski definition) is 0. The van der Waals surface area contributed by atoms with Crippen molar-refractivity contribution in [3.05, 3.63) is 48.6 Å². The zero-order valence-electron chi connectivity index (χ0n) is 43.3. The van der Waals surface area contributed by atoms with Crippen LogP contribution >= 0.6 is 0 Å². The lowest BCUT2D eigenvalue weighted by Crippen LogP contribution is -2.30. The Balaban J connectivity index is 4.35. The number of esters is 3. The number of carbonyl (C=O) groups is 3. The second-order valence-corrected chi connectivity index (χ2v) is 18.9. The molecule has 0 radical (unpaired) electrons. The normalized spacial score (nSPS) is 12.4. The first kappa shape index (κ1) is 62.4. The Morgan fingerprint density at radius 2 is 0.554 bits per heavy atom.